The quantitative estimate of drug-likeness (QED) is 0.322. The average Bonchev–Trinajstić information content (AvgIpc) is 2.66. The van der Waals surface area contributed by atoms with Crippen LogP contribution in [-0.4, -0.2) is 26.0 Å². The standard InChI is InChI=1S/C21H22O5/c1-5-20(23)26-19-13-16(24-3)12-18(25-4)21(19)17(22)11-10-15-8-6-14(2)7-9-15/h6-13H,5H2,1-4H3/b11-10+. The summed E-state index contributed by atoms with van der Waals surface area (Å²) in [5, 5.41) is 0. The van der Waals surface area contributed by atoms with E-state index < -0.39 is 5.97 Å². The largest absolute Gasteiger partial charge is 0.496 e. The van der Waals surface area contributed by atoms with Crippen LogP contribution in [0.4, 0.5) is 0 Å². The molecule has 5 nitrogen and oxygen atoms in total. The van der Waals surface area contributed by atoms with Gasteiger partial charge in [-0.3, -0.25) is 9.59 Å². The molecule has 0 saturated carbocycles. The van der Waals surface area contributed by atoms with E-state index in [4.69, 9.17) is 14.2 Å². The molecule has 0 aliphatic heterocycles. The number of rotatable bonds is 7. The zero-order valence-electron chi connectivity index (χ0n) is 15.4. The average molecular weight is 354 g/mol. The van der Waals surface area contributed by atoms with Crippen LogP contribution in [0.2, 0.25) is 0 Å². The molecule has 0 unspecified atom stereocenters. The minimum atomic E-state index is -0.447. The number of allylic oxidation sites excluding steroid dienone is 1. The van der Waals surface area contributed by atoms with Gasteiger partial charge in [-0.05, 0) is 18.6 Å². The molecule has 0 aliphatic rings. The molecule has 0 fully saturated rings. The molecule has 26 heavy (non-hydrogen) atoms. The van der Waals surface area contributed by atoms with Crippen LogP contribution < -0.4 is 14.2 Å². The minimum Gasteiger partial charge on any atom is -0.496 e. The first kappa shape index (κ1) is 19.2. The first-order valence-corrected chi connectivity index (χ1v) is 8.24. The lowest BCUT2D eigenvalue weighted by molar-refractivity contribution is -0.134. The van der Waals surface area contributed by atoms with Crippen LogP contribution in [-0.2, 0) is 4.79 Å². The van der Waals surface area contributed by atoms with Gasteiger partial charge in [0.25, 0.3) is 0 Å². The van der Waals surface area contributed by atoms with Crippen molar-refractivity contribution in [2.75, 3.05) is 14.2 Å². The molecule has 0 heterocycles. The number of carbonyl (C=O) groups excluding carboxylic acids is 2. The Kier molecular flexibility index (Phi) is 6.55. The lowest BCUT2D eigenvalue weighted by Gasteiger charge is -2.13. The lowest BCUT2D eigenvalue weighted by atomic mass is 10.1. The number of aryl methyl sites for hydroxylation is 1. The second kappa shape index (κ2) is 8.85. The van der Waals surface area contributed by atoms with Crippen LogP contribution in [0.15, 0.2) is 42.5 Å². The molecule has 0 atom stereocenters. The van der Waals surface area contributed by atoms with Gasteiger partial charge in [-0.25, -0.2) is 0 Å². The Morgan fingerprint density at radius 3 is 2.23 bits per heavy atom. The van der Waals surface area contributed by atoms with Gasteiger partial charge in [0.2, 0.25) is 0 Å². The van der Waals surface area contributed by atoms with Crippen LogP contribution in [0, 0.1) is 6.92 Å². The van der Waals surface area contributed by atoms with Crippen LogP contribution in [0.25, 0.3) is 6.08 Å². The van der Waals surface area contributed by atoms with Crippen LogP contribution >= 0.6 is 0 Å². The Labute approximate surface area is 153 Å². The molecule has 0 amide bonds. The van der Waals surface area contributed by atoms with Crippen molar-refractivity contribution in [3.05, 3.63) is 59.2 Å². The van der Waals surface area contributed by atoms with Gasteiger partial charge < -0.3 is 14.2 Å². The molecule has 5 heteroatoms. The minimum absolute atomic E-state index is 0.117. The summed E-state index contributed by atoms with van der Waals surface area (Å²) < 4.78 is 15.8. The van der Waals surface area contributed by atoms with Gasteiger partial charge in [-0.15, -0.1) is 0 Å². The first-order chi connectivity index (χ1) is 12.5. The van der Waals surface area contributed by atoms with E-state index in [9.17, 15) is 9.59 Å². The summed E-state index contributed by atoms with van der Waals surface area (Å²) in [6.45, 7) is 3.67. The highest BCUT2D eigenvalue weighted by Crippen LogP contribution is 2.35. The van der Waals surface area contributed by atoms with E-state index in [-0.39, 0.29) is 29.3 Å². The number of benzene rings is 2. The van der Waals surface area contributed by atoms with E-state index in [2.05, 4.69) is 0 Å². The lowest BCUT2D eigenvalue weighted by Crippen LogP contribution is -2.10. The van der Waals surface area contributed by atoms with E-state index in [0.717, 1.165) is 11.1 Å². The fraction of sp³-hybridized carbons (Fsp3) is 0.238. The van der Waals surface area contributed by atoms with Crippen molar-refractivity contribution in [3.63, 3.8) is 0 Å². The zero-order valence-corrected chi connectivity index (χ0v) is 15.4. The summed E-state index contributed by atoms with van der Waals surface area (Å²) in [4.78, 5) is 24.5. The number of hydrogen-bond acceptors (Lipinski definition) is 5. The van der Waals surface area contributed by atoms with Gasteiger partial charge >= 0.3 is 5.97 Å². The molecular formula is C21H22O5. The Morgan fingerprint density at radius 1 is 1.00 bits per heavy atom. The maximum atomic E-state index is 12.8. The van der Waals surface area contributed by atoms with E-state index in [1.54, 1.807) is 19.1 Å². The molecule has 2 rings (SSSR count). The van der Waals surface area contributed by atoms with E-state index in [1.807, 2.05) is 31.2 Å². The summed E-state index contributed by atoms with van der Waals surface area (Å²) in [7, 11) is 2.93. The number of methoxy groups -OCH3 is 2. The van der Waals surface area contributed by atoms with Gasteiger partial charge in [0.1, 0.15) is 22.8 Å². The fourth-order valence-electron chi connectivity index (χ4n) is 2.30. The second-order valence-electron chi connectivity index (χ2n) is 5.64. The third-order valence-corrected chi connectivity index (χ3v) is 3.76. The number of ketones is 1. The fourth-order valence-corrected chi connectivity index (χ4v) is 2.30. The van der Waals surface area contributed by atoms with Gasteiger partial charge in [-0.1, -0.05) is 42.8 Å². The van der Waals surface area contributed by atoms with Crippen molar-refractivity contribution in [3.8, 4) is 17.2 Å². The molecule has 2 aromatic carbocycles. The molecule has 2 aromatic rings. The van der Waals surface area contributed by atoms with Crippen molar-refractivity contribution < 1.29 is 23.8 Å². The summed E-state index contributed by atoms with van der Waals surface area (Å²) >= 11 is 0. The predicted octanol–water partition coefficient (Wildman–Crippen LogP) is 4.22. The molecule has 0 bridgehead atoms. The van der Waals surface area contributed by atoms with Crippen LogP contribution in [0.3, 0.4) is 0 Å². The van der Waals surface area contributed by atoms with Crippen molar-refractivity contribution in [2.45, 2.75) is 20.3 Å². The van der Waals surface area contributed by atoms with Gasteiger partial charge in [-0.2, -0.15) is 0 Å². The summed E-state index contributed by atoms with van der Waals surface area (Å²) in [5.74, 6) is 0.0501. The third-order valence-electron chi connectivity index (χ3n) is 3.76. The van der Waals surface area contributed by atoms with Gasteiger partial charge in [0, 0.05) is 18.6 Å². The number of ether oxygens (including phenoxy) is 3. The number of carbonyl (C=O) groups is 2. The van der Waals surface area contributed by atoms with Gasteiger partial charge in [0.05, 0.1) is 14.2 Å². The third kappa shape index (κ3) is 4.72. The Balaban J connectivity index is 2.42. The zero-order chi connectivity index (χ0) is 19.1. The first-order valence-electron chi connectivity index (χ1n) is 8.24. The van der Waals surface area contributed by atoms with Crippen molar-refractivity contribution in [1.29, 1.82) is 0 Å². The monoisotopic (exact) mass is 354 g/mol. The van der Waals surface area contributed by atoms with E-state index >= 15 is 0 Å². The highest BCUT2D eigenvalue weighted by Gasteiger charge is 2.20. The smallest absolute Gasteiger partial charge is 0.310 e. The van der Waals surface area contributed by atoms with Crippen LogP contribution in [0.5, 0.6) is 17.2 Å². The number of esters is 1. The highest BCUT2D eigenvalue weighted by molar-refractivity contribution is 6.11. The molecule has 0 saturated heterocycles. The van der Waals surface area contributed by atoms with Crippen molar-refractivity contribution >= 4 is 17.8 Å². The Hall–Kier alpha value is -3.08. The molecular weight excluding hydrogens is 332 g/mol. The molecule has 0 aromatic heterocycles. The molecule has 0 N–H and O–H groups in total. The normalized spacial score (nSPS) is 10.6. The predicted molar refractivity (Wildman–Crippen MR) is 100 cm³/mol. The number of hydrogen-bond donors (Lipinski definition) is 0. The molecule has 0 aliphatic carbocycles. The SMILES string of the molecule is CCC(=O)Oc1cc(OC)cc(OC)c1C(=O)/C=C/c1ccc(C)cc1. The Bertz CT molecular complexity index is 819. The van der Waals surface area contributed by atoms with E-state index in [0.29, 0.717) is 5.75 Å². The molecule has 0 spiro atoms. The molecule has 136 valence electrons. The topological polar surface area (TPSA) is 61.8 Å². The second-order valence-corrected chi connectivity index (χ2v) is 5.64. The summed E-state index contributed by atoms with van der Waals surface area (Å²) in [5.41, 5.74) is 2.21. The maximum absolute atomic E-state index is 12.8. The Morgan fingerprint density at radius 2 is 1.65 bits per heavy atom. The summed E-state index contributed by atoms with van der Waals surface area (Å²) in [6.07, 6.45) is 3.32. The van der Waals surface area contributed by atoms with E-state index in [1.165, 1.54) is 26.4 Å². The van der Waals surface area contributed by atoms with Gasteiger partial charge in [0.15, 0.2) is 5.78 Å². The molecule has 0 radical (unpaired) electrons. The van der Waals surface area contributed by atoms with Crippen LogP contribution in [0.1, 0.15) is 34.8 Å². The highest BCUT2D eigenvalue weighted by atomic mass is 16.5. The maximum Gasteiger partial charge on any atom is 0.310 e. The summed E-state index contributed by atoms with van der Waals surface area (Å²) in [6, 6.07) is 10.9. The van der Waals surface area contributed by atoms with Crippen molar-refractivity contribution in [2.24, 2.45) is 0 Å². The van der Waals surface area contributed by atoms with Crippen molar-refractivity contribution in [1.82, 2.24) is 0 Å².